The van der Waals surface area contributed by atoms with Gasteiger partial charge in [0.25, 0.3) is 0 Å². The second-order valence-corrected chi connectivity index (χ2v) is 14.5. The summed E-state index contributed by atoms with van der Waals surface area (Å²) in [7, 11) is 0. The molecule has 2 heterocycles. The Bertz CT molecular complexity index is 2890. The number of rotatable bonds is 3. The molecule has 0 saturated carbocycles. The molecule has 0 saturated heterocycles. The molecule has 0 aliphatic heterocycles. The summed E-state index contributed by atoms with van der Waals surface area (Å²) < 4.78 is 0. The molecule has 0 atom stereocenters. The summed E-state index contributed by atoms with van der Waals surface area (Å²) in [4.78, 5) is 9.09. The minimum absolute atomic E-state index is 0.460. The van der Waals surface area contributed by atoms with E-state index in [-0.39, 0.29) is 0 Å². The van der Waals surface area contributed by atoms with Crippen LogP contribution in [0.2, 0.25) is 0 Å². The van der Waals surface area contributed by atoms with Crippen LogP contribution >= 0.6 is 0 Å². The first-order valence-electron chi connectivity index (χ1n) is 18.3. The molecule has 0 bridgehead atoms. The topological polar surface area (TPSA) is 25.8 Å². The highest BCUT2D eigenvalue weighted by Crippen LogP contribution is 2.67. The number of pyridine rings is 2. The van der Waals surface area contributed by atoms with E-state index in [0.29, 0.717) is 0 Å². The van der Waals surface area contributed by atoms with Crippen molar-refractivity contribution < 1.29 is 0 Å². The first-order chi connectivity index (χ1) is 26.3. The van der Waals surface area contributed by atoms with E-state index in [9.17, 15) is 0 Å². The van der Waals surface area contributed by atoms with Gasteiger partial charge in [-0.2, -0.15) is 0 Å². The normalized spacial score (nSPS) is 13.4. The van der Waals surface area contributed by atoms with E-state index in [0.717, 1.165) is 22.3 Å². The Hall–Kier alpha value is -6.90. The van der Waals surface area contributed by atoms with Crippen LogP contribution in [0.15, 0.2) is 183 Å². The summed E-state index contributed by atoms with van der Waals surface area (Å²) in [5, 5.41) is 2.61. The summed E-state index contributed by atoms with van der Waals surface area (Å²) in [6.07, 6.45) is 7.63. The smallest absolute Gasteiger partial charge is 0.0725 e. The van der Waals surface area contributed by atoms with Gasteiger partial charge >= 0.3 is 0 Å². The maximum atomic E-state index is 4.54. The van der Waals surface area contributed by atoms with Gasteiger partial charge in [-0.1, -0.05) is 121 Å². The van der Waals surface area contributed by atoms with Crippen LogP contribution in [0.3, 0.4) is 0 Å². The van der Waals surface area contributed by atoms with Crippen molar-refractivity contribution in [3.05, 3.63) is 205 Å². The lowest BCUT2D eigenvalue weighted by molar-refractivity contribution is 0.794. The summed E-state index contributed by atoms with van der Waals surface area (Å²) in [5.41, 5.74) is 22.3. The molecule has 9 aromatic rings. The van der Waals surface area contributed by atoms with Gasteiger partial charge in [-0.15, -0.1) is 0 Å². The molecule has 12 rings (SSSR count). The predicted octanol–water partition coefficient (Wildman–Crippen LogP) is 12.6. The maximum Gasteiger partial charge on any atom is 0.0725 e. The molecule has 0 amide bonds. The van der Waals surface area contributed by atoms with Crippen LogP contribution < -0.4 is 0 Å². The molecular formula is C51H30N2. The van der Waals surface area contributed by atoms with E-state index in [1.54, 1.807) is 0 Å². The highest BCUT2D eigenvalue weighted by Gasteiger charge is 2.53. The lowest BCUT2D eigenvalue weighted by atomic mass is 9.69. The van der Waals surface area contributed by atoms with E-state index < -0.39 is 5.41 Å². The summed E-state index contributed by atoms with van der Waals surface area (Å²) >= 11 is 0. The maximum absolute atomic E-state index is 4.54. The second kappa shape index (κ2) is 10.6. The van der Waals surface area contributed by atoms with Crippen molar-refractivity contribution in [1.29, 1.82) is 0 Å². The molecule has 0 N–H and O–H groups in total. The fourth-order valence-electron chi connectivity index (χ4n) is 9.97. The van der Waals surface area contributed by atoms with Crippen LogP contribution in [0.1, 0.15) is 22.3 Å². The molecule has 53 heavy (non-hydrogen) atoms. The SMILES string of the molecule is c1cncc(-c2cc(-c3cccnc3)cc(-c3c4c(cc5c3-c3ccccc3C53c5ccccc5-c5ccccc53)-c3cccc5cccc-4c35)c2)c1. The third kappa shape index (κ3) is 3.72. The van der Waals surface area contributed by atoms with Gasteiger partial charge < -0.3 is 0 Å². The van der Waals surface area contributed by atoms with E-state index in [1.807, 2.05) is 36.9 Å². The van der Waals surface area contributed by atoms with Gasteiger partial charge in [-0.3, -0.25) is 9.97 Å². The van der Waals surface area contributed by atoms with Crippen LogP contribution in [-0.2, 0) is 5.41 Å². The van der Waals surface area contributed by atoms with Crippen molar-refractivity contribution in [3.8, 4) is 77.9 Å². The lowest BCUT2D eigenvalue weighted by Gasteiger charge is -2.31. The Labute approximate surface area is 307 Å². The van der Waals surface area contributed by atoms with Crippen LogP contribution in [0.4, 0.5) is 0 Å². The van der Waals surface area contributed by atoms with Crippen LogP contribution in [0.5, 0.6) is 0 Å². The van der Waals surface area contributed by atoms with Gasteiger partial charge in [0.1, 0.15) is 0 Å². The lowest BCUT2D eigenvalue weighted by Crippen LogP contribution is -2.26. The molecule has 7 aromatic carbocycles. The molecule has 2 heteroatoms. The van der Waals surface area contributed by atoms with Crippen LogP contribution in [-0.4, -0.2) is 9.97 Å². The Kier molecular flexibility index (Phi) is 5.73. The van der Waals surface area contributed by atoms with Crippen molar-refractivity contribution in [3.63, 3.8) is 0 Å². The molecule has 0 unspecified atom stereocenters. The zero-order chi connectivity index (χ0) is 34.7. The number of benzene rings is 7. The fraction of sp³-hybridized carbons (Fsp3) is 0.0196. The number of aromatic nitrogens is 2. The van der Waals surface area contributed by atoms with Crippen molar-refractivity contribution in [2.75, 3.05) is 0 Å². The fourth-order valence-corrected chi connectivity index (χ4v) is 9.97. The number of nitrogens with zero attached hydrogens (tertiary/aromatic N) is 2. The van der Waals surface area contributed by atoms with Crippen molar-refractivity contribution >= 4 is 10.8 Å². The highest BCUT2D eigenvalue weighted by molar-refractivity contribution is 6.21. The monoisotopic (exact) mass is 670 g/mol. The van der Waals surface area contributed by atoms with Gasteiger partial charge in [0.15, 0.2) is 0 Å². The first kappa shape index (κ1) is 28.8. The summed E-state index contributed by atoms with van der Waals surface area (Å²) in [5.74, 6) is 0. The van der Waals surface area contributed by atoms with E-state index in [2.05, 4.69) is 156 Å². The van der Waals surface area contributed by atoms with E-state index in [1.165, 1.54) is 88.7 Å². The van der Waals surface area contributed by atoms with Crippen LogP contribution in [0.25, 0.3) is 88.7 Å². The average molecular weight is 671 g/mol. The van der Waals surface area contributed by atoms with Gasteiger partial charge in [-0.25, -0.2) is 0 Å². The average Bonchev–Trinajstić information content (AvgIpc) is 3.83. The molecule has 0 fully saturated rings. The van der Waals surface area contributed by atoms with Crippen molar-refractivity contribution in [1.82, 2.24) is 9.97 Å². The molecule has 244 valence electrons. The molecule has 1 spiro atoms. The Balaban J connectivity index is 1.29. The van der Waals surface area contributed by atoms with Crippen LogP contribution in [0, 0.1) is 0 Å². The number of fused-ring (bicyclic) bond motifs is 13. The second-order valence-electron chi connectivity index (χ2n) is 14.5. The molecule has 2 aromatic heterocycles. The molecule has 2 nitrogen and oxygen atoms in total. The number of hydrogen-bond acceptors (Lipinski definition) is 2. The first-order valence-corrected chi connectivity index (χ1v) is 18.3. The molecule has 3 aliphatic carbocycles. The van der Waals surface area contributed by atoms with Gasteiger partial charge in [0, 0.05) is 35.9 Å². The largest absolute Gasteiger partial charge is 0.264 e. The quantitative estimate of drug-likeness (QED) is 0.187. The Morgan fingerprint density at radius 3 is 1.45 bits per heavy atom. The summed E-state index contributed by atoms with van der Waals surface area (Å²) in [6, 6.07) is 59.0. The van der Waals surface area contributed by atoms with Crippen molar-refractivity contribution in [2.45, 2.75) is 5.41 Å². The Morgan fingerprint density at radius 2 is 0.849 bits per heavy atom. The number of hydrogen-bond donors (Lipinski definition) is 0. The minimum Gasteiger partial charge on any atom is -0.264 e. The highest BCUT2D eigenvalue weighted by atomic mass is 14.6. The standard InChI is InChI=1S/C51H30N2/c1-4-20-43-37(15-1)38-16-2-5-21-44(38)51(43)45-22-6-3-17-40(45)50-46(51)28-42-39-18-7-11-31-12-8-19-41(47(31)39)49(42)48(50)36-26-34(32-13-9-23-52-29-32)25-35(27-36)33-14-10-24-53-30-33/h1-30H. The van der Waals surface area contributed by atoms with Gasteiger partial charge in [-0.05, 0) is 136 Å². The van der Waals surface area contributed by atoms with Gasteiger partial charge in [0.2, 0.25) is 0 Å². The zero-order valence-electron chi connectivity index (χ0n) is 28.7. The molecule has 3 aliphatic rings. The zero-order valence-corrected chi connectivity index (χ0v) is 28.7. The van der Waals surface area contributed by atoms with Gasteiger partial charge in [0.05, 0.1) is 5.41 Å². The predicted molar refractivity (Wildman–Crippen MR) is 217 cm³/mol. The minimum atomic E-state index is -0.460. The summed E-state index contributed by atoms with van der Waals surface area (Å²) in [6.45, 7) is 0. The molecule has 0 radical (unpaired) electrons. The Morgan fingerprint density at radius 1 is 0.321 bits per heavy atom. The molecular weight excluding hydrogens is 641 g/mol. The third-order valence-electron chi connectivity index (χ3n) is 12.0. The third-order valence-corrected chi connectivity index (χ3v) is 12.0. The van der Waals surface area contributed by atoms with E-state index >= 15 is 0 Å². The van der Waals surface area contributed by atoms with Crippen molar-refractivity contribution in [2.24, 2.45) is 0 Å². The van der Waals surface area contributed by atoms with E-state index in [4.69, 9.17) is 0 Å².